The lowest BCUT2D eigenvalue weighted by atomic mass is 10.2. The summed E-state index contributed by atoms with van der Waals surface area (Å²) in [6.07, 6.45) is -2.60. The number of anilines is 2. The molecular weight excluding hydrogens is 164 g/mol. The summed E-state index contributed by atoms with van der Waals surface area (Å²) in [7, 11) is 0. The quantitative estimate of drug-likeness (QED) is 0.676. The standard InChI is InChI=1S/C7H9F2N3/c1-3-6(7(8)9)4(10)2-5(11)12-3/h2,7H,1H3,(H4,10,11,12). The van der Waals surface area contributed by atoms with Crippen molar-refractivity contribution in [3.8, 4) is 0 Å². The van der Waals surface area contributed by atoms with Crippen molar-refractivity contribution in [1.29, 1.82) is 0 Å². The number of hydrogen-bond donors (Lipinski definition) is 2. The summed E-state index contributed by atoms with van der Waals surface area (Å²) in [5, 5.41) is 0. The second-order valence-corrected chi connectivity index (χ2v) is 2.44. The van der Waals surface area contributed by atoms with Crippen molar-refractivity contribution >= 4 is 11.5 Å². The van der Waals surface area contributed by atoms with Gasteiger partial charge >= 0.3 is 0 Å². The van der Waals surface area contributed by atoms with Gasteiger partial charge in [-0.2, -0.15) is 0 Å². The largest absolute Gasteiger partial charge is 0.398 e. The summed E-state index contributed by atoms with van der Waals surface area (Å²) in [5.41, 5.74) is 10.6. The second-order valence-electron chi connectivity index (χ2n) is 2.44. The van der Waals surface area contributed by atoms with Crippen LogP contribution in [-0.4, -0.2) is 4.98 Å². The molecule has 12 heavy (non-hydrogen) atoms. The first kappa shape index (κ1) is 8.70. The van der Waals surface area contributed by atoms with Gasteiger partial charge in [-0.1, -0.05) is 0 Å². The Morgan fingerprint density at radius 3 is 2.42 bits per heavy atom. The predicted molar refractivity (Wildman–Crippen MR) is 42.8 cm³/mol. The van der Waals surface area contributed by atoms with E-state index in [0.29, 0.717) is 0 Å². The number of aromatic nitrogens is 1. The Labute approximate surface area is 68.4 Å². The number of nitrogens with zero attached hydrogens (tertiary/aromatic N) is 1. The van der Waals surface area contributed by atoms with Gasteiger partial charge in [-0.15, -0.1) is 0 Å². The van der Waals surface area contributed by atoms with Crippen LogP contribution >= 0.6 is 0 Å². The van der Waals surface area contributed by atoms with Crippen LogP contribution in [0.15, 0.2) is 6.07 Å². The van der Waals surface area contributed by atoms with Crippen LogP contribution in [-0.2, 0) is 0 Å². The fraction of sp³-hybridized carbons (Fsp3) is 0.286. The Bertz CT molecular complexity index is 276. The number of nitrogen functional groups attached to an aromatic ring is 2. The van der Waals surface area contributed by atoms with Crippen molar-refractivity contribution in [3.05, 3.63) is 17.3 Å². The number of nitrogens with two attached hydrogens (primary N) is 2. The number of rotatable bonds is 1. The van der Waals surface area contributed by atoms with Crippen LogP contribution in [0, 0.1) is 6.92 Å². The van der Waals surface area contributed by atoms with Crippen LogP contribution in [0.25, 0.3) is 0 Å². The first-order valence-electron chi connectivity index (χ1n) is 3.33. The Morgan fingerprint density at radius 2 is 2.00 bits per heavy atom. The average molecular weight is 173 g/mol. The van der Waals surface area contributed by atoms with E-state index in [2.05, 4.69) is 4.98 Å². The first-order chi connectivity index (χ1) is 5.52. The molecule has 0 fully saturated rings. The zero-order valence-electron chi connectivity index (χ0n) is 6.51. The third-order valence-corrected chi connectivity index (χ3v) is 1.52. The summed E-state index contributed by atoms with van der Waals surface area (Å²) in [5.74, 6) is 0.161. The number of aryl methyl sites for hydroxylation is 1. The molecule has 0 aliphatic carbocycles. The highest BCUT2D eigenvalue weighted by molar-refractivity contribution is 5.55. The van der Waals surface area contributed by atoms with Crippen molar-refractivity contribution < 1.29 is 8.78 Å². The molecule has 66 valence electrons. The molecule has 4 N–H and O–H groups in total. The lowest BCUT2D eigenvalue weighted by molar-refractivity contribution is 0.151. The number of hydrogen-bond acceptors (Lipinski definition) is 3. The molecule has 0 aromatic carbocycles. The van der Waals surface area contributed by atoms with Crippen LogP contribution in [0.4, 0.5) is 20.3 Å². The summed E-state index contributed by atoms with van der Waals surface area (Å²) in [6.45, 7) is 1.45. The third-order valence-electron chi connectivity index (χ3n) is 1.52. The fourth-order valence-electron chi connectivity index (χ4n) is 1.02. The molecule has 0 saturated carbocycles. The van der Waals surface area contributed by atoms with Gasteiger partial charge in [0.2, 0.25) is 0 Å². The van der Waals surface area contributed by atoms with Gasteiger partial charge in [0.15, 0.2) is 0 Å². The fourth-order valence-corrected chi connectivity index (χ4v) is 1.02. The maximum absolute atomic E-state index is 12.3. The highest BCUT2D eigenvalue weighted by Gasteiger charge is 2.15. The molecule has 1 aromatic heterocycles. The SMILES string of the molecule is Cc1nc(N)cc(N)c1C(F)F. The molecule has 0 aliphatic heterocycles. The van der Waals surface area contributed by atoms with Crippen LogP contribution in [0.3, 0.4) is 0 Å². The Morgan fingerprint density at radius 1 is 1.42 bits per heavy atom. The van der Waals surface area contributed by atoms with Gasteiger partial charge in [0.25, 0.3) is 6.43 Å². The van der Waals surface area contributed by atoms with E-state index < -0.39 is 6.43 Å². The zero-order chi connectivity index (χ0) is 9.30. The lowest BCUT2D eigenvalue weighted by Crippen LogP contribution is -2.03. The second kappa shape index (κ2) is 2.92. The predicted octanol–water partition coefficient (Wildman–Crippen LogP) is 1.49. The van der Waals surface area contributed by atoms with Crippen molar-refractivity contribution in [2.75, 3.05) is 11.5 Å². The van der Waals surface area contributed by atoms with Gasteiger partial charge in [-0.05, 0) is 6.92 Å². The maximum atomic E-state index is 12.3. The molecule has 3 nitrogen and oxygen atoms in total. The average Bonchev–Trinajstić information content (AvgIpc) is 1.82. The van der Waals surface area contributed by atoms with Crippen molar-refractivity contribution in [3.63, 3.8) is 0 Å². The molecule has 0 bridgehead atoms. The summed E-state index contributed by atoms with van der Waals surface area (Å²) >= 11 is 0. The summed E-state index contributed by atoms with van der Waals surface area (Å²) in [4.78, 5) is 3.67. The third kappa shape index (κ3) is 1.44. The molecule has 0 atom stereocenters. The van der Waals surface area contributed by atoms with Crippen molar-refractivity contribution in [1.82, 2.24) is 4.98 Å². The van der Waals surface area contributed by atoms with Gasteiger partial charge in [-0.3, -0.25) is 0 Å². The minimum Gasteiger partial charge on any atom is -0.398 e. The molecular formula is C7H9F2N3. The zero-order valence-corrected chi connectivity index (χ0v) is 6.51. The topological polar surface area (TPSA) is 64.9 Å². The summed E-state index contributed by atoms with van der Waals surface area (Å²) in [6, 6.07) is 1.23. The molecule has 0 radical (unpaired) electrons. The Hall–Kier alpha value is -1.39. The smallest absolute Gasteiger partial charge is 0.267 e. The van der Waals surface area contributed by atoms with Gasteiger partial charge in [0, 0.05) is 11.8 Å². The monoisotopic (exact) mass is 173 g/mol. The molecule has 1 aromatic rings. The molecule has 5 heteroatoms. The molecule has 1 rings (SSSR count). The first-order valence-corrected chi connectivity index (χ1v) is 3.33. The van der Waals surface area contributed by atoms with E-state index in [9.17, 15) is 8.78 Å². The van der Waals surface area contributed by atoms with Gasteiger partial charge in [-0.25, -0.2) is 13.8 Å². The lowest BCUT2D eigenvalue weighted by Gasteiger charge is -2.07. The maximum Gasteiger partial charge on any atom is 0.267 e. The van der Waals surface area contributed by atoms with E-state index in [0.717, 1.165) is 0 Å². The molecule has 0 amide bonds. The normalized spacial score (nSPS) is 10.7. The number of pyridine rings is 1. The van der Waals surface area contributed by atoms with Crippen LogP contribution in [0.5, 0.6) is 0 Å². The number of alkyl halides is 2. The highest BCUT2D eigenvalue weighted by atomic mass is 19.3. The number of halogens is 2. The van der Waals surface area contributed by atoms with E-state index in [1.165, 1.54) is 13.0 Å². The van der Waals surface area contributed by atoms with Crippen molar-refractivity contribution in [2.24, 2.45) is 0 Å². The Kier molecular flexibility index (Phi) is 2.12. The van der Waals surface area contributed by atoms with Crippen LogP contribution in [0.2, 0.25) is 0 Å². The van der Waals surface area contributed by atoms with E-state index >= 15 is 0 Å². The molecule has 0 spiro atoms. The minimum absolute atomic E-state index is 0.00463. The van der Waals surface area contributed by atoms with Crippen LogP contribution < -0.4 is 11.5 Å². The van der Waals surface area contributed by atoms with Crippen molar-refractivity contribution in [2.45, 2.75) is 13.3 Å². The van der Waals surface area contributed by atoms with E-state index in [-0.39, 0.29) is 22.8 Å². The molecule has 0 saturated heterocycles. The van der Waals surface area contributed by atoms with Gasteiger partial charge in [0.05, 0.1) is 11.3 Å². The van der Waals surface area contributed by atoms with E-state index in [4.69, 9.17) is 11.5 Å². The molecule has 0 aliphatic rings. The summed E-state index contributed by atoms with van der Waals surface area (Å²) < 4.78 is 24.5. The molecule has 1 heterocycles. The Balaban J connectivity index is 3.28. The van der Waals surface area contributed by atoms with Gasteiger partial charge < -0.3 is 11.5 Å². The minimum atomic E-state index is -2.60. The van der Waals surface area contributed by atoms with Crippen LogP contribution in [0.1, 0.15) is 17.7 Å². The van der Waals surface area contributed by atoms with Gasteiger partial charge in [0.1, 0.15) is 5.82 Å². The van der Waals surface area contributed by atoms with E-state index in [1.807, 2.05) is 0 Å². The van der Waals surface area contributed by atoms with E-state index in [1.54, 1.807) is 0 Å². The highest BCUT2D eigenvalue weighted by Crippen LogP contribution is 2.28. The molecule has 0 unspecified atom stereocenters.